The zero-order valence-corrected chi connectivity index (χ0v) is 16.5. The third-order valence-corrected chi connectivity index (χ3v) is 7.04. The van der Waals surface area contributed by atoms with Gasteiger partial charge in [0, 0.05) is 28.6 Å². The molecule has 0 aliphatic heterocycles. The van der Waals surface area contributed by atoms with Crippen LogP contribution in [-0.2, 0) is 21.9 Å². The number of aromatic nitrogens is 1. The number of hydrogen-bond acceptors (Lipinski definition) is 2. The molecule has 4 rings (SSSR count). The summed E-state index contributed by atoms with van der Waals surface area (Å²) in [6.45, 7) is 2.58. The van der Waals surface area contributed by atoms with Gasteiger partial charge in [0.05, 0.1) is 5.75 Å². The molecular formula is C22H26N2O2S. The van der Waals surface area contributed by atoms with Gasteiger partial charge >= 0.3 is 0 Å². The van der Waals surface area contributed by atoms with Crippen molar-refractivity contribution in [3.63, 3.8) is 0 Å². The Kier molecular flexibility index (Phi) is 4.82. The molecule has 0 saturated heterocycles. The molecule has 0 radical (unpaired) electrons. The minimum atomic E-state index is -3.26. The van der Waals surface area contributed by atoms with E-state index in [1.54, 1.807) is 0 Å². The summed E-state index contributed by atoms with van der Waals surface area (Å²) in [6.07, 6.45) is 3.48. The second kappa shape index (κ2) is 7.13. The first-order chi connectivity index (χ1) is 13.0. The molecule has 0 unspecified atom stereocenters. The summed E-state index contributed by atoms with van der Waals surface area (Å²) in [5, 5.41) is 1.22. The summed E-state index contributed by atoms with van der Waals surface area (Å²) in [6, 6.07) is 18.3. The zero-order valence-electron chi connectivity index (χ0n) is 15.7. The van der Waals surface area contributed by atoms with Gasteiger partial charge in [-0.1, -0.05) is 48.5 Å². The number of H-pyrrole nitrogens is 1. The monoisotopic (exact) mass is 382 g/mol. The van der Waals surface area contributed by atoms with Crippen LogP contribution in [0.2, 0.25) is 0 Å². The number of fused-ring (bicyclic) bond motifs is 1. The molecular weight excluding hydrogens is 356 g/mol. The average molecular weight is 383 g/mol. The first-order valence-corrected chi connectivity index (χ1v) is 11.2. The van der Waals surface area contributed by atoms with E-state index >= 15 is 0 Å². The quantitative estimate of drug-likeness (QED) is 0.617. The molecule has 0 bridgehead atoms. The summed E-state index contributed by atoms with van der Waals surface area (Å²) in [4.78, 5) is 3.45. The van der Waals surface area contributed by atoms with Crippen molar-refractivity contribution < 1.29 is 8.42 Å². The lowest BCUT2D eigenvalue weighted by atomic mass is 9.93. The maximum atomic E-state index is 12.5. The van der Waals surface area contributed by atoms with Gasteiger partial charge < -0.3 is 4.98 Å². The summed E-state index contributed by atoms with van der Waals surface area (Å²) >= 11 is 0. The molecule has 1 aliphatic carbocycles. The van der Waals surface area contributed by atoms with E-state index in [0.717, 1.165) is 30.5 Å². The predicted molar refractivity (Wildman–Crippen MR) is 111 cm³/mol. The van der Waals surface area contributed by atoms with Crippen molar-refractivity contribution in [2.45, 2.75) is 38.0 Å². The van der Waals surface area contributed by atoms with Crippen molar-refractivity contribution in [2.75, 3.05) is 12.3 Å². The van der Waals surface area contributed by atoms with E-state index in [-0.39, 0.29) is 11.2 Å². The highest BCUT2D eigenvalue weighted by Crippen LogP contribution is 2.51. The van der Waals surface area contributed by atoms with Crippen molar-refractivity contribution in [3.05, 3.63) is 71.4 Å². The van der Waals surface area contributed by atoms with E-state index in [2.05, 4.69) is 28.8 Å². The molecule has 0 amide bonds. The van der Waals surface area contributed by atoms with E-state index < -0.39 is 10.0 Å². The maximum absolute atomic E-state index is 12.5. The Balaban J connectivity index is 1.40. The van der Waals surface area contributed by atoms with Crippen molar-refractivity contribution in [3.8, 4) is 0 Å². The fourth-order valence-corrected chi connectivity index (χ4v) is 5.22. The molecule has 1 heterocycles. The van der Waals surface area contributed by atoms with Gasteiger partial charge in [-0.2, -0.15) is 0 Å². The highest BCUT2D eigenvalue weighted by atomic mass is 32.2. The van der Waals surface area contributed by atoms with Crippen LogP contribution in [0.1, 0.15) is 36.1 Å². The fraction of sp³-hybridized carbons (Fsp3) is 0.364. The summed E-state index contributed by atoms with van der Waals surface area (Å²) in [5.41, 5.74) is 4.68. The van der Waals surface area contributed by atoms with Gasteiger partial charge in [0.15, 0.2) is 0 Å². The average Bonchev–Trinajstić information content (AvgIpc) is 3.36. The first kappa shape index (κ1) is 18.3. The van der Waals surface area contributed by atoms with Crippen LogP contribution in [0.4, 0.5) is 0 Å². The Hall–Kier alpha value is -2.11. The topological polar surface area (TPSA) is 62.0 Å². The normalized spacial score (nSPS) is 15.9. The standard InChI is InChI=1S/C22H26N2O2S/c1-17-21(19-11-5-6-12-20(19)24-17)22(13-14-22)16-23-27(25,26)15-7-10-18-8-3-2-4-9-18/h2-6,8-9,11-12,23-24H,7,10,13-16H2,1H3. The van der Waals surface area contributed by atoms with Gasteiger partial charge in [-0.25, -0.2) is 13.1 Å². The van der Waals surface area contributed by atoms with E-state index in [1.165, 1.54) is 16.5 Å². The minimum absolute atomic E-state index is 0.0593. The lowest BCUT2D eigenvalue weighted by Crippen LogP contribution is -2.34. The number of para-hydroxylation sites is 1. The van der Waals surface area contributed by atoms with Crippen LogP contribution in [0.3, 0.4) is 0 Å². The van der Waals surface area contributed by atoms with Crippen molar-refractivity contribution >= 4 is 20.9 Å². The van der Waals surface area contributed by atoms with Crippen LogP contribution in [0.5, 0.6) is 0 Å². The fourth-order valence-electron chi connectivity index (χ4n) is 4.06. The minimum Gasteiger partial charge on any atom is -0.358 e. The number of rotatable bonds is 8. The Bertz CT molecular complexity index is 1030. The Morgan fingerprint density at radius 2 is 1.74 bits per heavy atom. The van der Waals surface area contributed by atoms with E-state index in [9.17, 15) is 8.42 Å². The first-order valence-electron chi connectivity index (χ1n) is 9.58. The molecule has 2 N–H and O–H groups in total. The molecule has 5 heteroatoms. The number of aryl methyl sites for hydroxylation is 2. The third-order valence-electron chi connectivity index (χ3n) is 5.63. The molecule has 1 aliphatic rings. The second-order valence-corrected chi connectivity index (χ2v) is 9.61. The lowest BCUT2D eigenvalue weighted by molar-refractivity contribution is 0.564. The van der Waals surface area contributed by atoms with Crippen molar-refractivity contribution in [1.82, 2.24) is 9.71 Å². The Morgan fingerprint density at radius 1 is 1.04 bits per heavy atom. The van der Waals surface area contributed by atoms with E-state index in [4.69, 9.17) is 0 Å². The summed E-state index contributed by atoms with van der Waals surface area (Å²) in [7, 11) is -3.26. The van der Waals surface area contributed by atoms with Gasteiger partial charge in [0.25, 0.3) is 0 Å². The number of hydrogen-bond donors (Lipinski definition) is 2. The lowest BCUT2D eigenvalue weighted by Gasteiger charge is -2.17. The smallest absolute Gasteiger partial charge is 0.211 e. The van der Waals surface area contributed by atoms with Gasteiger partial charge in [-0.3, -0.25) is 0 Å². The molecule has 142 valence electrons. The van der Waals surface area contributed by atoms with Gasteiger partial charge in [-0.05, 0) is 49.8 Å². The predicted octanol–water partition coefficient (Wildman–Crippen LogP) is 4.06. The van der Waals surface area contributed by atoms with Crippen LogP contribution < -0.4 is 4.72 Å². The van der Waals surface area contributed by atoms with Gasteiger partial charge in [-0.15, -0.1) is 0 Å². The van der Waals surface area contributed by atoms with Crippen LogP contribution in [0, 0.1) is 6.92 Å². The summed E-state index contributed by atoms with van der Waals surface area (Å²) < 4.78 is 27.9. The van der Waals surface area contributed by atoms with Crippen LogP contribution in [0.25, 0.3) is 10.9 Å². The van der Waals surface area contributed by atoms with Crippen molar-refractivity contribution in [2.24, 2.45) is 0 Å². The van der Waals surface area contributed by atoms with Gasteiger partial charge in [0.2, 0.25) is 10.0 Å². The maximum Gasteiger partial charge on any atom is 0.211 e. The molecule has 1 saturated carbocycles. The van der Waals surface area contributed by atoms with Crippen LogP contribution >= 0.6 is 0 Å². The van der Waals surface area contributed by atoms with E-state index in [1.807, 2.05) is 42.5 Å². The Labute approximate surface area is 161 Å². The van der Waals surface area contributed by atoms with Gasteiger partial charge in [0.1, 0.15) is 0 Å². The number of nitrogens with one attached hydrogen (secondary N) is 2. The molecule has 1 aromatic heterocycles. The molecule has 1 fully saturated rings. The second-order valence-electron chi connectivity index (χ2n) is 7.68. The SMILES string of the molecule is Cc1[nH]c2ccccc2c1C1(CNS(=O)(=O)CCCc2ccccc2)CC1. The van der Waals surface area contributed by atoms with E-state index in [0.29, 0.717) is 13.0 Å². The molecule has 2 aromatic carbocycles. The third kappa shape index (κ3) is 3.94. The number of benzene rings is 2. The van der Waals surface area contributed by atoms with Crippen LogP contribution in [0.15, 0.2) is 54.6 Å². The number of aromatic amines is 1. The Morgan fingerprint density at radius 3 is 2.48 bits per heavy atom. The largest absolute Gasteiger partial charge is 0.358 e. The molecule has 0 spiro atoms. The molecule has 3 aromatic rings. The summed E-state index contributed by atoms with van der Waals surface area (Å²) in [5.74, 6) is 0.171. The number of sulfonamides is 1. The molecule has 27 heavy (non-hydrogen) atoms. The molecule has 4 nitrogen and oxygen atoms in total. The van der Waals surface area contributed by atoms with Crippen molar-refractivity contribution in [1.29, 1.82) is 0 Å². The molecule has 0 atom stereocenters. The van der Waals surface area contributed by atoms with Crippen LogP contribution in [-0.4, -0.2) is 25.7 Å². The highest BCUT2D eigenvalue weighted by Gasteiger charge is 2.47. The highest BCUT2D eigenvalue weighted by molar-refractivity contribution is 7.89. The zero-order chi connectivity index (χ0) is 18.9.